The first-order valence-corrected chi connectivity index (χ1v) is 16.7. The minimum absolute atomic E-state index is 0.0338. The van der Waals surface area contributed by atoms with E-state index in [9.17, 15) is 0 Å². The monoisotopic (exact) mass is 400 g/mol. The van der Waals surface area contributed by atoms with Crippen molar-refractivity contribution in [2.75, 3.05) is 42.7 Å². The summed E-state index contributed by atoms with van der Waals surface area (Å²) in [6.45, 7) is 2.52. The first-order chi connectivity index (χ1) is 11.0. The molecule has 0 aliphatic heterocycles. The van der Waals surface area contributed by atoms with Crippen LogP contribution in [0.25, 0.3) is 0 Å². The molecule has 0 aliphatic rings. The van der Waals surface area contributed by atoms with Crippen LogP contribution < -0.4 is 0 Å². The molecule has 23 heavy (non-hydrogen) atoms. The third kappa shape index (κ3) is 10.3. The second kappa shape index (κ2) is 13.9. The highest BCUT2D eigenvalue weighted by molar-refractivity contribution is 6.94. The van der Waals surface area contributed by atoms with Crippen LogP contribution in [-0.2, 0) is 28.4 Å². The fraction of sp³-hybridized carbons (Fsp3) is 1.00. The molecule has 0 saturated heterocycles. The predicted molar refractivity (Wildman–Crippen MR) is 105 cm³/mol. The molecule has 10 heteroatoms. The van der Waals surface area contributed by atoms with Crippen LogP contribution in [0.15, 0.2) is 0 Å². The smallest absolute Gasteiger partial charge is 0.133 e. The first kappa shape index (κ1) is 23.6. The van der Waals surface area contributed by atoms with Gasteiger partial charge in [-0.3, -0.25) is 0 Å². The lowest BCUT2D eigenvalue weighted by Gasteiger charge is -2.30. The molecule has 0 aromatic heterocycles. The van der Waals surface area contributed by atoms with Gasteiger partial charge in [-0.2, -0.15) is 0 Å². The summed E-state index contributed by atoms with van der Waals surface area (Å²) >= 11 is 0. The van der Waals surface area contributed by atoms with Gasteiger partial charge in [0.15, 0.2) is 0 Å². The topological polar surface area (TPSA) is 55.4 Å². The Labute approximate surface area is 149 Å². The van der Waals surface area contributed by atoms with Gasteiger partial charge in [-0.1, -0.05) is 23.5 Å². The highest BCUT2D eigenvalue weighted by atomic mass is 28.4. The fourth-order valence-electron chi connectivity index (χ4n) is 2.77. The van der Waals surface area contributed by atoms with Gasteiger partial charge in [0.1, 0.15) is 17.7 Å². The third-order valence-corrected chi connectivity index (χ3v) is 25.9. The van der Waals surface area contributed by atoms with Gasteiger partial charge in [0.25, 0.3) is 0 Å². The maximum Gasteiger partial charge on any atom is 0.133 e. The predicted octanol–water partition coefficient (Wildman–Crippen LogP) is -0.827. The van der Waals surface area contributed by atoms with Gasteiger partial charge in [-0.25, -0.2) is 0 Å². The van der Waals surface area contributed by atoms with E-state index in [0.717, 1.165) is 0 Å². The van der Waals surface area contributed by atoms with Crippen molar-refractivity contribution in [2.24, 2.45) is 0 Å². The van der Waals surface area contributed by atoms with Crippen LogP contribution in [0.2, 0.25) is 23.5 Å². The van der Waals surface area contributed by atoms with Crippen LogP contribution in [0.5, 0.6) is 0 Å². The molecule has 0 N–H and O–H groups in total. The third-order valence-electron chi connectivity index (χ3n) is 4.53. The molecule has 0 saturated carbocycles. The zero-order valence-electron chi connectivity index (χ0n) is 15.9. The standard InChI is InChI=1S/C13H36O6Si4/c1-14-11(15-2)20-8-23(7,9-21-12(16-3)17-4)10-22-13(18-5)19-6/h11-13H,8-10,20-22H2,1-7H3. The summed E-state index contributed by atoms with van der Waals surface area (Å²) in [4.78, 5) is 0. The zero-order valence-corrected chi connectivity index (χ0v) is 21.2. The number of hydrogen-bond donors (Lipinski definition) is 0. The van der Waals surface area contributed by atoms with Crippen LogP contribution in [-0.4, -0.2) is 97.0 Å². The molecule has 0 atom stereocenters. The van der Waals surface area contributed by atoms with E-state index in [0.29, 0.717) is 0 Å². The average molecular weight is 401 g/mol. The summed E-state index contributed by atoms with van der Waals surface area (Å²) in [7, 11) is 7.91. The van der Waals surface area contributed by atoms with Crippen LogP contribution in [0, 0.1) is 0 Å². The number of methoxy groups -OCH3 is 6. The van der Waals surface area contributed by atoms with E-state index in [4.69, 9.17) is 28.4 Å². The van der Waals surface area contributed by atoms with Crippen molar-refractivity contribution in [3.63, 3.8) is 0 Å². The van der Waals surface area contributed by atoms with Gasteiger partial charge in [0.2, 0.25) is 0 Å². The molecule has 0 aromatic rings. The Morgan fingerprint density at radius 1 is 0.565 bits per heavy atom. The van der Waals surface area contributed by atoms with E-state index >= 15 is 0 Å². The molecule has 0 radical (unpaired) electrons. The maximum atomic E-state index is 5.42. The van der Waals surface area contributed by atoms with Crippen molar-refractivity contribution >= 4 is 36.6 Å². The van der Waals surface area contributed by atoms with Crippen LogP contribution in [0.1, 0.15) is 0 Å². The molecule has 0 bridgehead atoms. The van der Waals surface area contributed by atoms with Gasteiger partial charge in [-0.05, 0) is 0 Å². The highest BCUT2D eigenvalue weighted by Crippen LogP contribution is 2.21. The van der Waals surface area contributed by atoms with E-state index in [-0.39, 0.29) is 17.7 Å². The summed E-state index contributed by atoms with van der Waals surface area (Å²) < 4.78 is 32.5. The molecular weight excluding hydrogens is 364 g/mol. The Kier molecular flexibility index (Phi) is 14.2. The molecule has 6 nitrogen and oxygen atoms in total. The molecule has 0 aromatic carbocycles. The summed E-state index contributed by atoms with van der Waals surface area (Å²) in [6.07, 6.45) is 0. The Morgan fingerprint density at radius 2 is 0.783 bits per heavy atom. The number of rotatable bonds is 15. The molecule has 0 amide bonds. The summed E-state index contributed by atoms with van der Waals surface area (Å²) in [5.41, 5.74) is 4.00. The number of ether oxygens (including phenoxy) is 6. The lowest BCUT2D eigenvalue weighted by Crippen LogP contribution is -2.42. The highest BCUT2D eigenvalue weighted by Gasteiger charge is 2.30. The molecule has 0 aliphatic carbocycles. The number of hydrogen-bond acceptors (Lipinski definition) is 6. The maximum absolute atomic E-state index is 5.42. The largest absolute Gasteiger partial charge is 0.360 e. The fourth-order valence-corrected chi connectivity index (χ4v) is 25.1. The first-order valence-electron chi connectivity index (χ1n) is 8.15. The van der Waals surface area contributed by atoms with Crippen molar-refractivity contribution in [3.8, 4) is 0 Å². The Hall–Kier alpha value is 0.628. The molecule has 140 valence electrons. The van der Waals surface area contributed by atoms with Crippen LogP contribution in [0.3, 0.4) is 0 Å². The Bertz CT molecular complexity index is 234. The van der Waals surface area contributed by atoms with Crippen molar-refractivity contribution in [2.45, 2.75) is 41.3 Å². The van der Waals surface area contributed by atoms with Crippen molar-refractivity contribution in [1.29, 1.82) is 0 Å². The van der Waals surface area contributed by atoms with E-state index in [1.54, 1.807) is 42.7 Å². The molecule has 0 spiro atoms. The summed E-state index contributed by atoms with van der Waals surface area (Å²) in [5.74, 6) is 0.101. The van der Waals surface area contributed by atoms with Gasteiger partial charge < -0.3 is 28.4 Å². The average Bonchev–Trinajstić information content (AvgIpc) is 2.57. The summed E-state index contributed by atoms with van der Waals surface area (Å²) in [6, 6.07) is 0. The van der Waals surface area contributed by atoms with Crippen molar-refractivity contribution in [1.82, 2.24) is 0 Å². The second-order valence-corrected chi connectivity index (χ2v) is 19.5. The molecular formula is C13H36O6Si4. The van der Waals surface area contributed by atoms with Gasteiger partial charge in [-0.15, -0.1) is 0 Å². The van der Waals surface area contributed by atoms with Crippen LogP contribution >= 0.6 is 0 Å². The normalized spacial score (nSPS) is 16.4. The van der Waals surface area contributed by atoms with E-state index < -0.39 is 36.6 Å². The SMILES string of the molecule is COC(OC)[SiH2]C[Si](C)(C[SiH2]C(OC)OC)C[SiH2]C(OC)OC. The minimum Gasteiger partial charge on any atom is -0.360 e. The van der Waals surface area contributed by atoms with Crippen molar-refractivity contribution in [3.05, 3.63) is 0 Å². The molecule has 0 fully saturated rings. The molecule has 0 heterocycles. The molecule has 0 unspecified atom stereocenters. The Balaban J connectivity index is 4.66. The lowest BCUT2D eigenvalue weighted by molar-refractivity contribution is -0.0439. The quantitative estimate of drug-likeness (QED) is 0.264. The zero-order chi connectivity index (χ0) is 17.7. The van der Waals surface area contributed by atoms with Gasteiger partial charge >= 0.3 is 0 Å². The summed E-state index contributed by atoms with van der Waals surface area (Å²) in [5, 5.41) is 0. The molecule has 0 rings (SSSR count). The van der Waals surface area contributed by atoms with E-state index in [1.807, 2.05) is 0 Å². The van der Waals surface area contributed by atoms with E-state index in [1.165, 1.54) is 17.0 Å². The van der Waals surface area contributed by atoms with Gasteiger partial charge in [0.05, 0.1) is 28.6 Å². The van der Waals surface area contributed by atoms with Crippen LogP contribution in [0.4, 0.5) is 0 Å². The van der Waals surface area contributed by atoms with Crippen molar-refractivity contribution < 1.29 is 28.4 Å². The lowest BCUT2D eigenvalue weighted by atomic mass is 11.3. The minimum atomic E-state index is -1.33. The second-order valence-electron chi connectivity index (χ2n) is 6.13. The van der Waals surface area contributed by atoms with Gasteiger partial charge in [0, 0.05) is 50.7 Å². The Morgan fingerprint density at radius 3 is 0.957 bits per heavy atom. The van der Waals surface area contributed by atoms with E-state index in [2.05, 4.69) is 6.55 Å².